The lowest BCUT2D eigenvalue weighted by atomic mass is 10.2. The Balaban J connectivity index is 2.04. The molecule has 132 valence electrons. The van der Waals surface area contributed by atoms with Crippen LogP contribution in [0.25, 0.3) is 17.1 Å². The van der Waals surface area contributed by atoms with Gasteiger partial charge in [0.2, 0.25) is 0 Å². The van der Waals surface area contributed by atoms with Crippen LogP contribution in [0.15, 0.2) is 53.7 Å². The van der Waals surface area contributed by atoms with Gasteiger partial charge in [-0.15, -0.1) is 10.2 Å². The summed E-state index contributed by atoms with van der Waals surface area (Å²) in [5, 5.41) is 18.8. The van der Waals surface area contributed by atoms with Gasteiger partial charge < -0.3 is 4.74 Å². The zero-order chi connectivity index (χ0) is 18.4. The van der Waals surface area contributed by atoms with Gasteiger partial charge in [0.05, 0.1) is 12.7 Å². The van der Waals surface area contributed by atoms with E-state index in [1.54, 1.807) is 0 Å². The van der Waals surface area contributed by atoms with Crippen LogP contribution in [0.3, 0.4) is 0 Å². The van der Waals surface area contributed by atoms with Gasteiger partial charge in [0, 0.05) is 28.4 Å². The third-order valence-electron chi connectivity index (χ3n) is 3.57. The molecule has 0 spiro atoms. The number of hydrogen-bond donors (Lipinski definition) is 0. The van der Waals surface area contributed by atoms with E-state index in [0.29, 0.717) is 29.6 Å². The molecular weight excluding hydrogens is 368 g/mol. The van der Waals surface area contributed by atoms with Crippen LogP contribution >= 0.6 is 23.4 Å². The van der Waals surface area contributed by atoms with Gasteiger partial charge in [-0.2, -0.15) is 5.26 Å². The molecule has 0 N–H and O–H groups in total. The normalized spacial score (nSPS) is 10.5. The summed E-state index contributed by atoms with van der Waals surface area (Å²) in [6.45, 7) is 2.57. The van der Waals surface area contributed by atoms with E-state index in [2.05, 4.69) is 16.3 Å². The third-order valence-corrected chi connectivity index (χ3v) is 4.73. The van der Waals surface area contributed by atoms with Gasteiger partial charge in [0.1, 0.15) is 5.75 Å². The largest absolute Gasteiger partial charge is 0.494 e. The molecule has 0 radical (unpaired) electrons. The first kappa shape index (κ1) is 18.3. The second-order valence-electron chi connectivity index (χ2n) is 5.34. The fourth-order valence-corrected chi connectivity index (χ4v) is 3.44. The number of nitrogens with zero attached hydrogens (tertiary/aromatic N) is 4. The molecule has 5 nitrogen and oxygen atoms in total. The van der Waals surface area contributed by atoms with Crippen molar-refractivity contribution in [1.29, 1.82) is 5.26 Å². The highest BCUT2D eigenvalue weighted by Gasteiger charge is 2.16. The van der Waals surface area contributed by atoms with E-state index in [1.807, 2.05) is 60.0 Å². The minimum Gasteiger partial charge on any atom is -0.494 e. The van der Waals surface area contributed by atoms with Crippen LogP contribution in [0.2, 0.25) is 5.02 Å². The molecule has 0 bridgehead atoms. The number of benzene rings is 2. The van der Waals surface area contributed by atoms with Gasteiger partial charge in [-0.3, -0.25) is 4.57 Å². The fourth-order valence-electron chi connectivity index (χ4n) is 2.46. The third kappa shape index (κ3) is 4.18. The lowest BCUT2D eigenvalue weighted by Gasteiger charge is -2.11. The highest BCUT2D eigenvalue weighted by Crippen LogP contribution is 2.30. The Morgan fingerprint density at radius 2 is 2.00 bits per heavy atom. The number of thioether (sulfide) groups is 1. The van der Waals surface area contributed by atoms with Gasteiger partial charge in [-0.05, 0) is 43.3 Å². The van der Waals surface area contributed by atoms with Crippen molar-refractivity contribution in [2.24, 2.45) is 0 Å². The van der Waals surface area contributed by atoms with Crippen LogP contribution in [-0.2, 0) is 0 Å². The van der Waals surface area contributed by atoms with Crippen LogP contribution in [0.4, 0.5) is 0 Å². The molecule has 2 aromatic carbocycles. The average molecular weight is 385 g/mol. The van der Waals surface area contributed by atoms with Crippen molar-refractivity contribution in [3.05, 3.63) is 53.6 Å². The second kappa shape index (κ2) is 8.75. The van der Waals surface area contributed by atoms with E-state index in [4.69, 9.17) is 21.6 Å². The minimum atomic E-state index is 0.452. The summed E-state index contributed by atoms with van der Waals surface area (Å²) in [7, 11) is 0. The molecule has 3 rings (SSSR count). The Hall–Kier alpha value is -2.49. The molecule has 3 aromatic rings. The predicted octanol–water partition coefficient (Wildman–Crippen LogP) is 4.99. The van der Waals surface area contributed by atoms with E-state index in [0.717, 1.165) is 22.2 Å². The molecular formula is C19H17ClN4OS. The van der Waals surface area contributed by atoms with E-state index >= 15 is 0 Å². The Morgan fingerprint density at radius 3 is 2.69 bits per heavy atom. The summed E-state index contributed by atoms with van der Waals surface area (Å²) < 4.78 is 7.49. The molecule has 0 atom stereocenters. The number of rotatable bonds is 7. The quantitative estimate of drug-likeness (QED) is 0.424. The van der Waals surface area contributed by atoms with Crippen LogP contribution < -0.4 is 4.74 Å². The standard InChI is InChI=1S/C19H17ClN4OS/c1-2-25-17-9-7-16(8-10-17)24-18(14-5-3-6-15(20)13-14)22-23-19(24)26-12-4-11-21/h3,5-10,13H,2,4,12H2,1H3. The van der Waals surface area contributed by atoms with Crippen molar-refractivity contribution < 1.29 is 4.74 Å². The summed E-state index contributed by atoms with van der Waals surface area (Å²) in [5.74, 6) is 2.17. The number of halogens is 1. The smallest absolute Gasteiger partial charge is 0.196 e. The number of ether oxygens (including phenoxy) is 1. The van der Waals surface area contributed by atoms with Crippen molar-refractivity contribution >= 4 is 23.4 Å². The van der Waals surface area contributed by atoms with E-state index in [-0.39, 0.29) is 0 Å². The van der Waals surface area contributed by atoms with Gasteiger partial charge >= 0.3 is 0 Å². The van der Waals surface area contributed by atoms with E-state index in [1.165, 1.54) is 11.8 Å². The van der Waals surface area contributed by atoms with E-state index < -0.39 is 0 Å². The van der Waals surface area contributed by atoms with Gasteiger partial charge in [0.25, 0.3) is 0 Å². The summed E-state index contributed by atoms with van der Waals surface area (Å²) in [6, 6.07) is 17.5. The van der Waals surface area contributed by atoms with Gasteiger partial charge in [-0.25, -0.2) is 0 Å². The lowest BCUT2D eigenvalue weighted by molar-refractivity contribution is 0.340. The summed E-state index contributed by atoms with van der Waals surface area (Å²) in [6.07, 6.45) is 0.452. The van der Waals surface area contributed by atoms with Crippen molar-refractivity contribution in [2.45, 2.75) is 18.5 Å². The van der Waals surface area contributed by atoms with E-state index in [9.17, 15) is 0 Å². The first-order valence-corrected chi connectivity index (χ1v) is 9.53. The Labute approximate surface area is 161 Å². The summed E-state index contributed by atoms with van der Waals surface area (Å²) in [4.78, 5) is 0. The number of hydrogen-bond acceptors (Lipinski definition) is 5. The summed E-state index contributed by atoms with van der Waals surface area (Å²) >= 11 is 7.65. The maximum Gasteiger partial charge on any atom is 0.196 e. The molecule has 0 aliphatic heterocycles. The molecule has 7 heteroatoms. The molecule has 0 aliphatic carbocycles. The van der Waals surface area contributed by atoms with Crippen molar-refractivity contribution in [3.63, 3.8) is 0 Å². The molecule has 0 aliphatic rings. The van der Waals surface area contributed by atoms with Crippen LogP contribution in [-0.4, -0.2) is 27.1 Å². The predicted molar refractivity (Wildman–Crippen MR) is 104 cm³/mol. The minimum absolute atomic E-state index is 0.452. The van der Waals surface area contributed by atoms with Gasteiger partial charge in [0.15, 0.2) is 11.0 Å². The molecule has 0 unspecified atom stereocenters. The molecule has 26 heavy (non-hydrogen) atoms. The second-order valence-corrected chi connectivity index (χ2v) is 6.83. The highest BCUT2D eigenvalue weighted by molar-refractivity contribution is 7.99. The monoisotopic (exact) mass is 384 g/mol. The fraction of sp³-hybridized carbons (Fsp3) is 0.211. The molecule has 0 saturated heterocycles. The SMILES string of the molecule is CCOc1ccc(-n2c(SCCC#N)nnc2-c2cccc(Cl)c2)cc1. The first-order chi connectivity index (χ1) is 12.7. The zero-order valence-corrected chi connectivity index (χ0v) is 15.8. The lowest BCUT2D eigenvalue weighted by Crippen LogP contribution is -2.00. The highest BCUT2D eigenvalue weighted by atomic mass is 35.5. The maximum atomic E-state index is 8.79. The number of nitriles is 1. The topological polar surface area (TPSA) is 63.7 Å². The van der Waals surface area contributed by atoms with Gasteiger partial charge in [-0.1, -0.05) is 35.5 Å². The average Bonchev–Trinajstić information content (AvgIpc) is 3.07. The molecule has 1 aromatic heterocycles. The van der Waals surface area contributed by atoms with Crippen molar-refractivity contribution in [3.8, 4) is 28.9 Å². The molecule has 0 fully saturated rings. The Morgan fingerprint density at radius 1 is 1.19 bits per heavy atom. The molecule has 1 heterocycles. The number of aromatic nitrogens is 3. The molecule has 0 saturated carbocycles. The first-order valence-electron chi connectivity index (χ1n) is 8.17. The van der Waals surface area contributed by atoms with Crippen molar-refractivity contribution in [1.82, 2.24) is 14.8 Å². The maximum absolute atomic E-state index is 8.79. The van der Waals surface area contributed by atoms with Crippen LogP contribution in [0, 0.1) is 11.3 Å². The summed E-state index contributed by atoms with van der Waals surface area (Å²) in [5.41, 5.74) is 1.80. The van der Waals surface area contributed by atoms with Crippen LogP contribution in [0.1, 0.15) is 13.3 Å². The molecule has 0 amide bonds. The van der Waals surface area contributed by atoms with Crippen molar-refractivity contribution in [2.75, 3.05) is 12.4 Å². The zero-order valence-electron chi connectivity index (χ0n) is 14.2. The van der Waals surface area contributed by atoms with Crippen LogP contribution in [0.5, 0.6) is 5.75 Å². The Kier molecular flexibility index (Phi) is 6.16. The Bertz CT molecular complexity index is 918.